The second-order valence-corrected chi connectivity index (χ2v) is 1.27. The Morgan fingerprint density at radius 3 is 2.20 bits per heavy atom. The van der Waals surface area contributed by atoms with E-state index in [1.54, 1.807) is 0 Å². The monoisotopic (exact) mass is 72.1 g/mol. The van der Waals surface area contributed by atoms with Crippen molar-refractivity contribution < 1.29 is 0 Å². The highest BCUT2D eigenvalue weighted by Gasteiger charge is 1.79. The molecular weight excluding hydrogens is 62.1 g/mol. The molecule has 0 saturated heterocycles. The van der Waals surface area contributed by atoms with Gasteiger partial charge in [0.25, 0.3) is 0 Å². The van der Waals surface area contributed by atoms with Crippen LogP contribution < -0.4 is 5.73 Å². The van der Waals surface area contributed by atoms with Crippen molar-refractivity contribution in [2.45, 2.75) is 19.4 Å². The van der Waals surface area contributed by atoms with E-state index in [1.807, 2.05) is 6.92 Å². The molecule has 0 unspecified atom stereocenters. The van der Waals surface area contributed by atoms with E-state index in [1.165, 1.54) is 0 Å². The Morgan fingerprint density at radius 1 is 2.00 bits per heavy atom. The van der Waals surface area contributed by atoms with Crippen LogP contribution in [0.3, 0.4) is 0 Å². The molecule has 0 aliphatic rings. The van der Waals surface area contributed by atoms with E-state index < -0.39 is 0 Å². The molecule has 0 amide bonds. The third kappa shape index (κ3) is 3.96. The van der Waals surface area contributed by atoms with Crippen molar-refractivity contribution in [1.29, 1.82) is 0 Å². The molecule has 5 heavy (non-hydrogen) atoms. The third-order valence-corrected chi connectivity index (χ3v) is 0.455. The Balaban J connectivity index is 2.54. The van der Waals surface area contributed by atoms with E-state index in [9.17, 15) is 0 Å². The van der Waals surface area contributed by atoms with Gasteiger partial charge in [0.2, 0.25) is 0 Å². The van der Waals surface area contributed by atoms with E-state index in [0.717, 1.165) is 6.42 Å². The molecule has 0 rings (SSSR count). The van der Waals surface area contributed by atoms with Gasteiger partial charge in [-0.3, -0.25) is 0 Å². The average Bonchev–Trinajstić information content (AvgIpc) is 1.38. The van der Waals surface area contributed by atoms with Crippen LogP contribution >= 0.6 is 0 Å². The molecule has 0 bridgehead atoms. The molecule has 0 aromatic rings. The Labute approximate surface area is 33.2 Å². The van der Waals surface area contributed by atoms with Gasteiger partial charge in [-0.05, 0) is 13.3 Å². The van der Waals surface area contributed by atoms with Gasteiger partial charge in [-0.1, -0.05) is 6.92 Å². The van der Waals surface area contributed by atoms with Crippen molar-refractivity contribution in [3.8, 4) is 0 Å². The summed E-state index contributed by atoms with van der Waals surface area (Å²) in [4.78, 5) is 0. The summed E-state index contributed by atoms with van der Waals surface area (Å²) in [6, 6.07) is 0.273. The zero-order valence-corrected chi connectivity index (χ0v) is 3.57. The minimum Gasteiger partial charge on any atom is -0.328 e. The molecule has 1 atom stereocenters. The maximum absolute atomic E-state index is 5.23. The summed E-state index contributed by atoms with van der Waals surface area (Å²) >= 11 is 0. The maximum atomic E-state index is 5.23. The summed E-state index contributed by atoms with van der Waals surface area (Å²) in [6.07, 6.45) is 0.833. The van der Waals surface area contributed by atoms with Gasteiger partial charge >= 0.3 is 0 Å². The van der Waals surface area contributed by atoms with E-state index in [2.05, 4.69) is 6.92 Å². The van der Waals surface area contributed by atoms with Crippen molar-refractivity contribution in [2.75, 3.05) is 0 Å². The molecule has 0 aliphatic heterocycles. The second-order valence-electron chi connectivity index (χ2n) is 1.27. The van der Waals surface area contributed by atoms with Crippen LogP contribution in [0, 0.1) is 6.92 Å². The van der Waals surface area contributed by atoms with Gasteiger partial charge in [0.05, 0.1) is 0 Å². The molecule has 2 N–H and O–H groups in total. The Bertz CT molecular complexity index is 17.6. The highest BCUT2D eigenvalue weighted by molar-refractivity contribution is 4.51. The predicted molar refractivity (Wildman–Crippen MR) is 23.6 cm³/mol. The molecule has 0 aromatic heterocycles. The zero-order chi connectivity index (χ0) is 4.28. The Hall–Kier alpha value is -0.0400. The van der Waals surface area contributed by atoms with Crippen molar-refractivity contribution in [1.82, 2.24) is 0 Å². The second kappa shape index (κ2) is 2.21. The first-order valence-corrected chi connectivity index (χ1v) is 1.82. The zero-order valence-electron chi connectivity index (χ0n) is 3.57. The average molecular weight is 72.1 g/mol. The predicted octanol–water partition coefficient (Wildman–Crippen LogP) is 0.558. The van der Waals surface area contributed by atoms with Crippen LogP contribution in [-0.2, 0) is 0 Å². The van der Waals surface area contributed by atoms with Crippen LogP contribution in [0.15, 0.2) is 0 Å². The van der Waals surface area contributed by atoms with E-state index in [-0.39, 0.29) is 6.04 Å². The van der Waals surface area contributed by atoms with Crippen LogP contribution in [0.1, 0.15) is 13.3 Å². The van der Waals surface area contributed by atoms with Crippen molar-refractivity contribution in [2.24, 2.45) is 5.73 Å². The van der Waals surface area contributed by atoms with Gasteiger partial charge in [-0.15, -0.1) is 0 Å². The molecule has 0 aliphatic carbocycles. The van der Waals surface area contributed by atoms with Crippen LogP contribution in [0.4, 0.5) is 0 Å². The van der Waals surface area contributed by atoms with Gasteiger partial charge in [-0.2, -0.15) is 0 Å². The van der Waals surface area contributed by atoms with Gasteiger partial charge in [0.1, 0.15) is 0 Å². The van der Waals surface area contributed by atoms with Gasteiger partial charge in [0, 0.05) is 6.04 Å². The Morgan fingerprint density at radius 2 is 2.20 bits per heavy atom. The van der Waals surface area contributed by atoms with E-state index >= 15 is 0 Å². The standard InChI is InChI=1S/C4H10N/c1-3-4(2)5/h4H,1,3,5H2,2H3/t4-/m1/s1. The highest BCUT2D eigenvalue weighted by Crippen LogP contribution is 1.76. The first kappa shape index (κ1) is 4.96. The molecule has 1 nitrogen and oxygen atoms in total. The third-order valence-electron chi connectivity index (χ3n) is 0.455. The number of nitrogens with two attached hydrogens (primary N) is 1. The maximum Gasteiger partial charge on any atom is 0.00104 e. The lowest BCUT2D eigenvalue weighted by molar-refractivity contribution is 0.755. The minimum absolute atomic E-state index is 0.273. The highest BCUT2D eigenvalue weighted by atomic mass is 14.6. The largest absolute Gasteiger partial charge is 0.328 e. The molecule has 0 fully saturated rings. The lowest BCUT2D eigenvalue weighted by atomic mass is 10.3. The summed E-state index contributed by atoms with van der Waals surface area (Å²) in [7, 11) is 0. The molecule has 1 radical (unpaired) electrons. The van der Waals surface area contributed by atoms with Crippen molar-refractivity contribution in [3.63, 3.8) is 0 Å². The first-order chi connectivity index (χ1) is 2.27. The molecule has 31 valence electrons. The summed E-state index contributed by atoms with van der Waals surface area (Å²) < 4.78 is 0. The summed E-state index contributed by atoms with van der Waals surface area (Å²) in [5.41, 5.74) is 5.23. The Kier molecular flexibility index (Phi) is 2.19. The lowest BCUT2D eigenvalue weighted by Gasteiger charge is -1.91. The van der Waals surface area contributed by atoms with Gasteiger partial charge in [-0.25, -0.2) is 0 Å². The SMILES string of the molecule is [CH2]C[C@@H](C)N. The topological polar surface area (TPSA) is 26.0 Å². The fraction of sp³-hybridized carbons (Fsp3) is 0.750. The molecular formula is C4H10N. The fourth-order valence-corrected chi connectivity index (χ4v) is 0. The summed E-state index contributed by atoms with van der Waals surface area (Å²) in [5.74, 6) is 0. The first-order valence-electron chi connectivity index (χ1n) is 1.82. The number of rotatable bonds is 1. The number of hydrogen-bond donors (Lipinski definition) is 1. The van der Waals surface area contributed by atoms with Gasteiger partial charge in [0.15, 0.2) is 0 Å². The van der Waals surface area contributed by atoms with Crippen LogP contribution in [0.5, 0.6) is 0 Å². The smallest absolute Gasteiger partial charge is 0.00104 e. The fourth-order valence-electron chi connectivity index (χ4n) is 0. The normalized spacial score (nSPS) is 15.0. The molecule has 0 aromatic carbocycles. The molecule has 0 saturated carbocycles. The van der Waals surface area contributed by atoms with Gasteiger partial charge < -0.3 is 5.73 Å². The summed E-state index contributed by atoms with van der Waals surface area (Å²) in [5, 5.41) is 0. The minimum atomic E-state index is 0.273. The van der Waals surface area contributed by atoms with Crippen molar-refractivity contribution >= 4 is 0 Å². The quantitative estimate of drug-likeness (QED) is 0.481. The van der Waals surface area contributed by atoms with E-state index in [0.29, 0.717) is 0 Å². The summed E-state index contributed by atoms with van der Waals surface area (Å²) in [6.45, 7) is 5.50. The van der Waals surface area contributed by atoms with Crippen LogP contribution in [-0.4, -0.2) is 6.04 Å². The molecule has 0 heterocycles. The molecule has 1 heteroatoms. The van der Waals surface area contributed by atoms with Crippen LogP contribution in [0.25, 0.3) is 0 Å². The number of hydrogen-bond acceptors (Lipinski definition) is 1. The van der Waals surface area contributed by atoms with Crippen LogP contribution in [0.2, 0.25) is 0 Å². The molecule has 0 spiro atoms. The van der Waals surface area contributed by atoms with Crippen molar-refractivity contribution in [3.05, 3.63) is 6.92 Å². The lowest BCUT2D eigenvalue weighted by Crippen LogP contribution is -2.11. The van der Waals surface area contributed by atoms with E-state index in [4.69, 9.17) is 5.73 Å².